The zero-order valence-electron chi connectivity index (χ0n) is 16.0. The molecule has 1 aromatic heterocycles. The van der Waals surface area contributed by atoms with Gasteiger partial charge in [0, 0.05) is 35.6 Å². The highest BCUT2D eigenvalue weighted by Gasteiger charge is 2.25. The molecule has 1 aliphatic rings. The Labute approximate surface area is 165 Å². The zero-order valence-corrected chi connectivity index (χ0v) is 16.0. The van der Waals surface area contributed by atoms with Crippen LogP contribution in [0.5, 0.6) is 0 Å². The number of aromatic nitrogens is 1. The molecule has 1 heterocycles. The molecule has 28 heavy (non-hydrogen) atoms. The number of aryl methyl sites for hydroxylation is 1. The normalized spacial score (nSPS) is 14.0. The van der Waals surface area contributed by atoms with Gasteiger partial charge < -0.3 is 15.0 Å². The van der Waals surface area contributed by atoms with E-state index in [1.807, 2.05) is 54.0 Å². The Hall–Kier alpha value is -3.03. The third-order valence-corrected chi connectivity index (χ3v) is 5.68. The molecule has 1 aliphatic carbocycles. The minimum absolute atomic E-state index is 0.324. The predicted molar refractivity (Wildman–Crippen MR) is 112 cm³/mol. The van der Waals surface area contributed by atoms with Crippen LogP contribution in [0.15, 0.2) is 42.5 Å². The van der Waals surface area contributed by atoms with Crippen molar-refractivity contribution in [2.75, 3.05) is 0 Å². The topological polar surface area (TPSA) is 54.3 Å². The van der Waals surface area contributed by atoms with Crippen molar-refractivity contribution in [3.63, 3.8) is 0 Å². The van der Waals surface area contributed by atoms with E-state index in [-0.39, 0.29) is 0 Å². The van der Waals surface area contributed by atoms with Crippen molar-refractivity contribution in [1.82, 2.24) is 9.88 Å². The van der Waals surface area contributed by atoms with Gasteiger partial charge in [-0.05, 0) is 31.4 Å². The van der Waals surface area contributed by atoms with Crippen molar-refractivity contribution >= 4 is 16.9 Å². The third-order valence-electron chi connectivity index (χ3n) is 5.68. The lowest BCUT2D eigenvalue weighted by Crippen LogP contribution is -2.34. The van der Waals surface area contributed by atoms with Crippen LogP contribution in [0.3, 0.4) is 0 Å². The number of hydrogen-bond donors (Lipinski definition) is 2. The summed E-state index contributed by atoms with van der Waals surface area (Å²) >= 11 is 0. The third kappa shape index (κ3) is 3.30. The van der Waals surface area contributed by atoms with Crippen molar-refractivity contribution in [3.05, 3.63) is 70.4 Å². The molecular formula is C24H24N2O2. The van der Waals surface area contributed by atoms with Crippen LogP contribution in [0.4, 0.5) is 0 Å². The number of benzene rings is 2. The molecule has 0 aliphatic heterocycles. The number of nitrogens with zero attached hydrogens (tertiary/aromatic N) is 1. The fourth-order valence-corrected chi connectivity index (χ4v) is 3.91. The van der Waals surface area contributed by atoms with Gasteiger partial charge in [0.1, 0.15) is 5.69 Å². The highest BCUT2D eigenvalue weighted by atomic mass is 16.4. The molecule has 4 heteroatoms. The number of rotatable bonds is 6. The van der Waals surface area contributed by atoms with Crippen LogP contribution < -0.4 is 5.32 Å². The van der Waals surface area contributed by atoms with Crippen LogP contribution >= 0.6 is 0 Å². The summed E-state index contributed by atoms with van der Waals surface area (Å²) in [5.74, 6) is 1.82. The van der Waals surface area contributed by atoms with Gasteiger partial charge in [-0.15, -0.1) is 6.42 Å². The van der Waals surface area contributed by atoms with Gasteiger partial charge in [0.15, 0.2) is 0 Å². The average Bonchev–Trinajstić information content (AvgIpc) is 2.96. The Morgan fingerprint density at radius 2 is 2.00 bits per heavy atom. The van der Waals surface area contributed by atoms with Crippen LogP contribution in [0, 0.1) is 19.3 Å². The molecule has 2 aromatic carbocycles. The standard InChI is InChI=1S/C24H24N2O2/c1-3-18-6-4-9-20-21(14-25-19-7-5-8-19)23(24(27)28)26(22(18)20)15-17-12-10-16(2)11-13-17/h1,4,6,9-13,19,25H,5,7-8,14-15H2,2H3,(H,27,28). The van der Waals surface area contributed by atoms with Gasteiger partial charge in [0.05, 0.1) is 5.52 Å². The second-order valence-corrected chi connectivity index (χ2v) is 7.56. The number of carboxylic acids is 1. The minimum atomic E-state index is -0.920. The summed E-state index contributed by atoms with van der Waals surface area (Å²) in [4.78, 5) is 12.3. The van der Waals surface area contributed by atoms with Gasteiger partial charge in [0.2, 0.25) is 0 Å². The van der Waals surface area contributed by atoms with E-state index in [0.29, 0.717) is 24.8 Å². The molecule has 0 radical (unpaired) electrons. The molecule has 0 bridgehead atoms. The Morgan fingerprint density at radius 1 is 1.25 bits per heavy atom. The van der Waals surface area contributed by atoms with Crippen LogP contribution in [0.25, 0.3) is 10.9 Å². The smallest absolute Gasteiger partial charge is 0.352 e. The fraction of sp³-hybridized carbons (Fsp3) is 0.292. The second-order valence-electron chi connectivity index (χ2n) is 7.56. The van der Waals surface area contributed by atoms with Crippen molar-refractivity contribution in [2.45, 2.75) is 45.3 Å². The summed E-state index contributed by atoms with van der Waals surface area (Å²) in [5.41, 5.74) is 4.92. The lowest BCUT2D eigenvalue weighted by molar-refractivity contribution is 0.0684. The summed E-state index contributed by atoms with van der Waals surface area (Å²) < 4.78 is 1.87. The molecular weight excluding hydrogens is 348 g/mol. The Bertz CT molecular complexity index is 1070. The Kier molecular flexibility index (Phi) is 4.93. The molecule has 3 aromatic rings. The number of nitrogens with one attached hydrogen (secondary N) is 1. The second kappa shape index (κ2) is 7.53. The summed E-state index contributed by atoms with van der Waals surface area (Å²) in [7, 11) is 0. The molecule has 0 unspecified atom stereocenters. The van der Waals surface area contributed by atoms with Gasteiger partial charge in [-0.1, -0.05) is 54.3 Å². The SMILES string of the molecule is C#Cc1cccc2c(CNC3CCC3)c(C(=O)O)n(Cc3ccc(C)cc3)c12. The summed E-state index contributed by atoms with van der Waals surface area (Å²) in [6.45, 7) is 3.05. The van der Waals surface area contributed by atoms with Crippen LogP contribution in [-0.4, -0.2) is 21.7 Å². The van der Waals surface area contributed by atoms with E-state index in [9.17, 15) is 9.90 Å². The molecule has 0 spiro atoms. The number of carbonyl (C=O) groups is 1. The predicted octanol–water partition coefficient (Wildman–Crippen LogP) is 4.32. The highest BCUT2D eigenvalue weighted by Crippen LogP contribution is 2.31. The molecule has 4 nitrogen and oxygen atoms in total. The van der Waals surface area contributed by atoms with E-state index in [0.717, 1.165) is 40.4 Å². The molecule has 2 N–H and O–H groups in total. The summed E-state index contributed by atoms with van der Waals surface area (Å²) in [6.07, 6.45) is 9.30. The Morgan fingerprint density at radius 3 is 2.61 bits per heavy atom. The van der Waals surface area contributed by atoms with Gasteiger partial charge >= 0.3 is 5.97 Å². The lowest BCUT2D eigenvalue weighted by atomic mass is 9.93. The maximum Gasteiger partial charge on any atom is 0.352 e. The molecule has 1 fully saturated rings. The molecule has 0 atom stereocenters. The average molecular weight is 372 g/mol. The first kappa shape index (κ1) is 18.3. The molecule has 142 valence electrons. The Balaban J connectivity index is 1.87. The van der Waals surface area contributed by atoms with E-state index < -0.39 is 5.97 Å². The van der Waals surface area contributed by atoms with Crippen LogP contribution in [-0.2, 0) is 13.1 Å². The van der Waals surface area contributed by atoms with E-state index in [4.69, 9.17) is 6.42 Å². The number of aromatic carboxylic acids is 1. The van der Waals surface area contributed by atoms with Gasteiger partial charge in [0.25, 0.3) is 0 Å². The van der Waals surface area contributed by atoms with Crippen molar-refractivity contribution in [2.24, 2.45) is 0 Å². The van der Waals surface area contributed by atoms with E-state index in [1.54, 1.807) is 0 Å². The first-order valence-electron chi connectivity index (χ1n) is 9.71. The summed E-state index contributed by atoms with van der Waals surface area (Å²) in [6, 6.07) is 14.4. The first-order valence-corrected chi connectivity index (χ1v) is 9.71. The van der Waals surface area contributed by atoms with Crippen molar-refractivity contribution in [3.8, 4) is 12.3 Å². The van der Waals surface area contributed by atoms with E-state index in [1.165, 1.54) is 12.0 Å². The number of fused-ring (bicyclic) bond motifs is 1. The van der Waals surface area contributed by atoms with Crippen LogP contribution in [0.1, 0.15) is 52.0 Å². The van der Waals surface area contributed by atoms with Crippen molar-refractivity contribution < 1.29 is 9.90 Å². The molecule has 1 saturated carbocycles. The first-order chi connectivity index (χ1) is 13.6. The number of terminal acetylenes is 1. The van der Waals surface area contributed by atoms with E-state index >= 15 is 0 Å². The molecule has 0 amide bonds. The summed E-state index contributed by atoms with van der Waals surface area (Å²) in [5, 5.41) is 14.5. The number of hydrogen-bond acceptors (Lipinski definition) is 2. The lowest BCUT2D eigenvalue weighted by Gasteiger charge is -2.26. The van der Waals surface area contributed by atoms with Crippen molar-refractivity contribution in [1.29, 1.82) is 0 Å². The number of carboxylic acid groups (broad SMARTS) is 1. The van der Waals surface area contributed by atoms with Gasteiger partial charge in [-0.25, -0.2) is 4.79 Å². The molecule has 4 rings (SSSR count). The van der Waals surface area contributed by atoms with E-state index in [2.05, 4.69) is 11.2 Å². The minimum Gasteiger partial charge on any atom is -0.477 e. The monoisotopic (exact) mass is 372 g/mol. The number of para-hydroxylation sites is 1. The highest BCUT2D eigenvalue weighted by molar-refractivity contribution is 6.00. The maximum absolute atomic E-state index is 12.3. The molecule has 0 saturated heterocycles. The van der Waals surface area contributed by atoms with Gasteiger partial charge in [-0.2, -0.15) is 0 Å². The quantitative estimate of drug-likeness (QED) is 0.634. The largest absolute Gasteiger partial charge is 0.477 e. The van der Waals surface area contributed by atoms with Crippen LogP contribution in [0.2, 0.25) is 0 Å². The van der Waals surface area contributed by atoms with Gasteiger partial charge in [-0.3, -0.25) is 0 Å². The zero-order chi connectivity index (χ0) is 19.7. The fourth-order valence-electron chi connectivity index (χ4n) is 3.91. The maximum atomic E-state index is 12.3.